The molecule has 8 aromatic carbocycles. The number of hydrogen-bond acceptors (Lipinski definition) is 4. The summed E-state index contributed by atoms with van der Waals surface area (Å²) in [6, 6.07) is 36.6. The van der Waals surface area contributed by atoms with Gasteiger partial charge in [0.1, 0.15) is 0 Å². The summed E-state index contributed by atoms with van der Waals surface area (Å²) < 4.78 is 11.3. The lowest BCUT2D eigenvalue weighted by molar-refractivity contribution is -0.142. The highest BCUT2D eigenvalue weighted by atomic mass is 16.5. The third kappa shape index (κ3) is 2.57. The lowest BCUT2D eigenvalue weighted by atomic mass is 9.41. The second kappa shape index (κ2) is 8.37. The van der Waals surface area contributed by atoms with E-state index in [2.05, 4.69) is 97.1 Å². The fraction of sp³-hybridized carbons (Fsp3) is 0.167. The van der Waals surface area contributed by atoms with Gasteiger partial charge in [0.15, 0.2) is 0 Å². The van der Waals surface area contributed by atoms with E-state index >= 15 is 0 Å². The van der Waals surface area contributed by atoms with Crippen LogP contribution < -0.4 is 0 Å². The molecule has 244 valence electrons. The summed E-state index contributed by atoms with van der Waals surface area (Å²) >= 11 is 0. The molecule has 2 bridgehead atoms. The van der Waals surface area contributed by atoms with Crippen molar-refractivity contribution in [2.24, 2.45) is 11.8 Å². The Kier molecular flexibility index (Phi) is 4.31. The number of ether oxygens (including phenoxy) is 2. The van der Waals surface area contributed by atoms with Crippen LogP contribution in [0.5, 0.6) is 0 Å². The second-order valence-corrected chi connectivity index (χ2v) is 15.9. The first-order chi connectivity index (χ1) is 25.6. The van der Waals surface area contributed by atoms with Crippen molar-refractivity contribution in [2.45, 2.75) is 23.7 Å². The Labute approximate surface area is 297 Å². The first-order valence-electron chi connectivity index (χ1n) is 18.4. The van der Waals surface area contributed by atoms with Crippen molar-refractivity contribution in [1.29, 1.82) is 0 Å². The summed E-state index contributed by atoms with van der Waals surface area (Å²) in [7, 11) is 2.90. The molecule has 1 saturated carbocycles. The van der Waals surface area contributed by atoms with Gasteiger partial charge in [0, 0.05) is 11.8 Å². The summed E-state index contributed by atoms with van der Waals surface area (Å²) in [5.41, 5.74) is 11.5. The van der Waals surface area contributed by atoms with Crippen LogP contribution in [0.4, 0.5) is 0 Å². The van der Waals surface area contributed by atoms with Crippen LogP contribution in [0.15, 0.2) is 108 Å². The Balaban J connectivity index is 1.18. The zero-order valence-electron chi connectivity index (χ0n) is 28.3. The van der Waals surface area contributed by atoms with Crippen LogP contribution in [0.25, 0.3) is 86.9 Å². The van der Waals surface area contributed by atoms with Gasteiger partial charge in [0.05, 0.1) is 25.4 Å². The highest BCUT2D eigenvalue weighted by Gasteiger charge is 2.65. The van der Waals surface area contributed by atoms with Crippen molar-refractivity contribution in [2.75, 3.05) is 14.2 Å². The predicted octanol–water partition coefficient (Wildman–Crippen LogP) is 10.5. The minimum Gasteiger partial charge on any atom is -0.466 e. The Bertz CT molecular complexity index is 2840. The van der Waals surface area contributed by atoms with Crippen molar-refractivity contribution < 1.29 is 19.1 Å². The highest BCUT2D eigenvalue weighted by molar-refractivity contribution is 6.35. The largest absolute Gasteiger partial charge is 0.466 e. The number of esters is 2. The lowest BCUT2D eigenvalue weighted by Gasteiger charge is -2.60. The molecule has 15 rings (SSSR count). The van der Waals surface area contributed by atoms with Gasteiger partial charge in [-0.15, -0.1) is 0 Å². The fourth-order valence-electron chi connectivity index (χ4n) is 13.0. The monoisotopic (exact) mass is 668 g/mol. The van der Waals surface area contributed by atoms with E-state index in [0.717, 1.165) is 0 Å². The SMILES string of the molecule is COC(=O)C1=C(C(=O)OC)C2C3c4ccc5ccc6ccc7ccc(c8c7c6c5c4-8)C3C1C1c3ccc4ccc5ccc6ccc(c7c6c5c4c3-7)C21. The second-order valence-electron chi connectivity index (χ2n) is 15.9. The average Bonchev–Trinajstić information content (AvgIpc) is 3.75. The molecule has 8 aromatic rings. The first kappa shape index (κ1) is 26.8. The van der Waals surface area contributed by atoms with Gasteiger partial charge in [-0.05, 0) is 133 Å². The van der Waals surface area contributed by atoms with Gasteiger partial charge in [-0.2, -0.15) is 0 Å². The molecule has 0 spiro atoms. The van der Waals surface area contributed by atoms with Crippen molar-refractivity contribution in [3.63, 3.8) is 0 Å². The van der Waals surface area contributed by atoms with E-state index in [4.69, 9.17) is 9.47 Å². The van der Waals surface area contributed by atoms with Crippen molar-refractivity contribution in [1.82, 2.24) is 0 Å². The number of rotatable bonds is 2. The Morgan fingerprint density at radius 3 is 0.827 bits per heavy atom. The molecule has 0 N–H and O–H groups in total. The first-order valence-corrected chi connectivity index (χ1v) is 18.4. The molecule has 0 saturated heterocycles. The summed E-state index contributed by atoms with van der Waals surface area (Å²) in [6.45, 7) is 0. The molecule has 4 atom stereocenters. The smallest absolute Gasteiger partial charge is 0.334 e. The van der Waals surface area contributed by atoms with Crippen LogP contribution in [0.1, 0.15) is 45.9 Å². The van der Waals surface area contributed by atoms with Gasteiger partial charge in [0.2, 0.25) is 0 Å². The highest BCUT2D eigenvalue weighted by Crippen LogP contribution is 2.76. The summed E-state index contributed by atoms with van der Waals surface area (Å²) in [4.78, 5) is 28.8. The average molecular weight is 669 g/mol. The Morgan fingerprint density at radius 1 is 0.346 bits per heavy atom. The maximum Gasteiger partial charge on any atom is 0.334 e. The zero-order chi connectivity index (χ0) is 34.0. The quantitative estimate of drug-likeness (QED) is 0.136. The maximum atomic E-state index is 14.4. The topological polar surface area (TPSA) is 52.6 Å². The standard InChI is InChI=1S/C48H28O4/c1-51-47(49)45-43-39-25-15-11-21-7-3-19-5-9-23-13-17-27(37-33(23)29(19)31(21)35(25)37)41(39)44(46(45)48(50)52-2)42-28-18-14-24-10-6-20-4-8-22-12-16-26(40(42)43)36-32(22)30(20)34(24)38(28)36/h3-18,39-44H,1-2H3. The van der Waals surface area contributed by atoms with E-state index in [-0.39, 0.29) is 35.5 Å². The van der Waals surface area contributed by atoms with Gasteiger partial charge >= 0.3 is 11.9 Å². The summed E-state index contributed by atoms with van der Waals surface area (Å²) in [5, 5.41) is 15.5. The Morgan fingerprint density at radius 2 is 0.577 bits per heavy atom. The molecule has 0 amide bonds. The molecule has 52 heavy (non-hydrogen) atoms. The van der Waals surface area contributed by atoms with Crippen molar-refractivity contribution >= 4 is 76.6 Å². The molecule has 0 heterocycles. The van der Waals surface area contributed by atoms with Crippen LogP contribution in [-0.4, -0.2) is 26.2 Å². The molecule has 0 aliphatic heterocycles. The molecule has 0 radical (unpaired) electrons. The number of hydrogen-bond donors (Lipinski definition) is 0. The van der Waals surface area contributed by atoms with Crippen LogP contribution in [0.3, 0.4) is 0 Å². The third-order valence-electron chi connectivity index (χ3n) is 14.5. The van der Waals surface area contributed by atoms with Crippen molar-refractivity contribution in [3.8, 4) is 22.3 Å². The minimum atomic E-state index is -0.416. The maximum absolute atomic E-state index is 14.4. The fourth-order valence-corrected chi connectivity index (χ4v) is 13.0. The number of carbonyl (C=O) groups is 2. The molecule has 7 aliphatic carbocycles. The summed E-state index contributed by atoms with van der Waals surface area (Å²) in [6.07, 6.45) is 0. The number of benzene rings is 8. The molecule has 1 fully saturated rings. The van der Waals surface area contributed by atoms with Gasteiger partial charge in [-0.25, -0.2) is 9.59 Å². The normalized spacial score (nSPS) is 24.4. The molecule has 4 unspecified atom stereocenters. The predicted molar refractivity (Wildman–Crippen MR) is 205 cm³/mol. The molecular weight excluding hydrogens is 641 g/mol. The van der Waals surface area contributed by atoms with Gasteiger partial charge in [-0.3, -0.25) is 0 Å². The number of carbonyl (C=O) groups excluding carboxylic acids is 2. The minimum absolute atomic E-state index is 0.0320. The van der Waals surface area contributed by atoms with E-state index in [1.54, 1.807) is 0 Å². The molecular formula is C48H28O4. The van der Waals surface area contributed by atoms with Crippen molar-refractivity contribution in [3.05, 3.63) is 130 Å². The van der Waals surface area contributed by atoms with E-state index in [1.807, 2.05) is 0 Å². The van der Waals surface area contributed by atoms with Gasteiger partial charge in [-0.1, -0.05) is 97.1 Å². The van der Waals surface area contributed by atoms with E-state index < -0.39 is 11.9 Å². The van der Waals surface area contributed by atoms with Gasteiger partial charge in [0.25, 0.3) is 0 Å². The van der Waals surface area contributed by atoms with E-state index in [1.165, 1.54) is 123 Å². The van der Waals surface area contributed by atoms with Crippen LogP contribution >= 0.6 is 0 Å². The van der Waals surface area contributed by atoms with Crippen LogP contribution in [-0.2, 0) is 19.1 Å². The molecule has 4 nitrogen and oxygen atoms in total. The van der Waals surface area contributed by atoms with Crippen LogP contribution in [0.2, 0.25) is 0 Å². The Hall–Kier alpha value is -6.00. The summed E-state index contributed by atoms with van der Waals surface area (Å²) in [5.74, 6) is -1.57. The lowest BCUT2D eigenvalue weighted by Crippen LogP contribution is -2.52. The number of methoxy groups -OCH3 is 2. The third-order valence-corrected chi connectivity index (χ3v) is 14.5. The molecule has 7 aliphatic rings. The van der Waals surface area contributed by atoms with E-state index in [0.29, 0.717) is 11.1 Å². The van der Waals surface area contributed by atoms with E-state index in [9.17, 15) is 9.59 Å². The molecule has 0 aromatic heterocycles. The van der Waals surface area contributed by atoms with Crippen LogP contribution in [0, 0.1) is 11.8 Å². The van der Waals surface area contributed by atoms with Gasteiger partial charge < -0.3 is 9.47 Å². The molecule has 4 heteroatoms. The zero-order valence-corrected chi connectivity index (χ0v) is 28.3.